The van der Waals surface area contributed by atoms with E-state index in [2.05, 4.69) is 26.0 Å². The van der Waals surface area contributed by atoms with E-state index >= 15 is 0 Å². The molecule has 0 aliphatic heterocycles. The zero-order chi connectivity index (χ0) is 10.8. The van der Waals surface area contributed by atoms with Crippen molar-refractivity contribution in [3.05, 3.63) is 36.0 Å². The van der Waals surface area contributed by atoms with Gasteiger partial charge < -0.3 is 14.9 Å². The van der Waals surface area contributed by atoms with Crippen LogP contribution in [0.3, 0.4) is 0 Å². The molecule has 2 aromatic heterocycles. The number of thiazole rings is 1. The first kappa shape index (κ1) is 13.7. The Kier molecular flexibility index (Phi) is 5.19. The summed E-state index contributed by atoms with van der Waals surface area (Å²) in [6, 6.07) is 6.04. The Morgan fingerprint density at radius 2 is 2.29 bits per heavy atom. The number of nitrogens with zero attached hydrogens (tertiary/aromatic N) is 3. The first-order valence-electron chi connectivity index (χ1n) is 4.62. The molecule has 0 saturated heterocycles. The predicted molar refractivity (Wildman–Crippen MR) is 66.7 cm³/mol. The SMILES string of the molecule is [Rb+].c1csc(NSc2ccc3n[n-]cc3c2)n1. The molecule has 3 aromatic rings. The van der Waals surface area contributed by atoms with Gasteiger partial charge in [-0.05, 0) is 35.5 Å². The van der Waals surface area contributed by atoms with Crippen LogP contribution < -0.4 is 68.0 Å². The van der Waals surface area contributed by atoms with E-state index in [1.54, 1.807) is 23.7 Å². The van der Waals surface area contributed by atoms with E-state index in [-0.39, 0.29) is 58.2 Å². The van der Waals surface area contributed by atoms with Gasteiger partial charge in [0, 0.05) is 22.0 Å². The maximum Gasteiger partial charge on any atom is 1.00 e. The third kappa shape index (κ3) is 3.39. The van der Waals surface area contributed by atoms with Crippen LogP contribution >= 0.6 is 23.3 Å². The summed E-state index contributed by atoms with van der Waals surface area (Å²) in [5, 5.41) is 11.8. The molecule has 0 spiro atoms. The maximum atomic E-state index is 4.15. The molecule has 0 bridgehead atoms. The molecule has 1 N–H and O–H groups in total. The van der Waals surface area contributed by atoms with Gasteiger partial charge in [-0.15, -0.1) is 11.3 Å². The zero-order valence-corrected chi connectivity index (χ0v) is 15.7. The number of anilines is 1. The number of nitrogens with one attached hydrogen (secondary N) is 1. The molecule has 1 aromatic carbocycles. The van der Waals surface area contributed by atoms with Gasteiger partial charge in [-0.25, -0.2) is 4.98 Å². The second-order valence-corrected chi connectivity index (χ2v) is 4.88. The van der Waals surface area contributed by atoms with Crippen molar-refractivity contribution in [1.29, 1.82) is 0 Å². The Labute approximate surface area is 156 Å². The number of benzene rings is 1. The molecule has 0 unspecified atom stereocenters. The summed E-state index contributed by atoms with van der Waals surface area (Å²) >= 11 is 3.12. The number of hydrogen-bond donors (Lipinski definition) is 1. The Bertz CT molecular complexity index is 593. The van der Waals surface area contributed by atoms with Crippen LogP contribution in [0.1, 0.15) is 0 Å². The van der Waals surface area contributed by atoms with Gasteiger partial charge >= 0.3 is 58.2 Å². The molecule has 17 heavy (non-hydrogen) atoms. The number of fused-ring (bicyclic) bond motifs is 1. The quantitative estimate of drug-likeness (QED) is 0.672. The van der Waals surface area contributed by atoms with Crippen molar-refractivity contribution in [1.82, 2.24) is 15.2 Å². The van der Waals surface area contributed by atoms with E-state index in [4.69, 9.17) is 0 Å². The summed E-state index contributed by atoms with van der Waals surface area (Å²) in [6.07, 6.45) is 3.55. The number of rotatable bonds is 3. The summed E-state index contributed by atoms with van der Waals surface area (Å²) < 4.78 is 3.18. The minimum absolute atomic E-state index is 0. The fourth-order valence-corrected chi connectivity index (χ4v) is 2.59. The Hall–Kier alpha value is 0.275. The van der Waals surface area contributed by atoms with Crippen LogP contribution in [0.5, 0.6) is 0 Å². The minimum atomic E-state index is 0. The maximum absolute atomic E-state index is 4.15. The van der Waals surface area contributed by atoms with E-state index in [1.807, 2.05) is 17.5 Å². The van der Waals surface area contributed by atoms with Crippen LogP contribution in [-0.2, 0) is 0 Å². The zero-order valence-electron chi connectivity index (χ0n) is 9.12. The first-order chi connectivity index (χ1) is 7.92. The molecule has 0 saturated carbocycles. The van der Waals surface area contributed by atoms with Gasteiger partial charge in [0.1, 0.15) is 0 Å². The van der Waals surface area contributed by atoms with Crippen LogP contribution in [0, 0.1) is 0 Å². The first-order valence-corrected chi connectivity index (χ1v) is 6.32. The standard InChI is InChI=1S/C10H7N4S2.Rb/c1-2-9-7(6-12-13-9)5-8(1)16-14-10-11-3-4-15-10;/h1-6H,(H-,11,12,13,14);/q-1;+1. The average Bonchev–Trinajstić information content (AvgIpc) is 2.97. The van der Waals surface area contributed by atoms with Crippen molar-refractivity contribution in [2.24, 2.45) is 0 Å². The van der Waals surface area contributed by atoms with Gasteiger partial charge in [-0.3, -0.25) is 0 Å². The largest absolute Gasteiger partial charge is 1.00 e. The van der Waals surface area contributed by atoms with Crippen molar-refractivity contribution >= 4 is 39.3 Å². The van der Waals surface area contributed by atoms with Crippen molar-refractivity contribution in [3.8, 4) is 0 Å². The van der Waals surface area contributed by atoms with Crippen molar-refractivity contribution < 1.29 is 58.2 Å². The van der Waals surface area contributed by atoms with Crippen molar-refractivity contribution in [3.63, 3.8) is 0 Å². The van der Waals surface area contributed by atoms with Crippen LogP contribution in [-0.4, -0.2) is 10.1 Å². The van der Waals surface area contributed by atoms with Crippen molar-refractivity contribution in [2.45, 2.75) is 4.90 Å². The van der Waals surface area contributed by atoms with Crippen LogP contribution in [0.15, 0.2) is 40.9 Å². The molecule has 80 valence electrons. The molecular weight excluding hydrogens is 326 g/mol. The normalized spacial score (nSPS) is 10.1. The summed E-state index contributed by atoms with van der Waals surface area (Å²) in [7, 11) is 0. The van der Waals surface area contributed by atoms with Crippen LogP contribution in [0.25, 0.3) is 10.9 Å². The molecule has 0 aliphatic rings. The van der Waals surface area contributed by atoms with E-state index in [9.17, 15) is 0 Å². The molecule has 0 atom stereocenters. The Morgan fingerprint density at radius 3 is 3.12 bits per heavy atom. The fraction of sp³-hybridized carbons (Fsp3) is 0. The van der Waals surface area contributed by atoms with Crippen molar-refractivity contribution in [2.75, 3.05) is 4.72 Å². The summed E-state index contributed by atoms with van der Waals surface area (Å²) in [5.74, 6) is 0. The van der Waals surface area contributed by atoms with E-state index < -0.39 is 0 Å². The second-order valence-electron chi connectivity index (χ2n) is 3.11. The van der Waals surface area contributed by atoms with Crippen LogP contribution in [0.4, 0.5) is 5.13 Å². The molecule has 0 radical (unpaired) electrons. The number of hydrogen-bond acceptors (Lipinski definition) is 5. The Morgan fingerprint density at radius 1 is 1.35 bits per heavy atom. The molecule has 2 heterocycles. The summed E-state index contributed by atoms with van der Waals surface area (Å²) in [4.78, 5) is 5.27. The van der Waals surface area contributed by atoms with Gasteiger partial charge in [0.15, 0.2) is 5.13 Å². The Balaban J connectivity index is 0.00000108. The van der Waals surface area contributed by atoms with Gasteiger partial charge in [-0.2, -0.15) is 6.20 Å². The average molecular weight is 333 g/mol. The fourth-order valence-electron chi connectivity index (χ4n) is 1.32. The second kappa shape index (κ2) is 6.44. The van der Waals surface area contributed by atoms with Crippen LogP contribution in [0.2, 0.25) is 0 Å². The topological polar surface area (TPSA) is 51.9 Å². The smallest absolute Gasteiger partial charge is 0.581 e. The van der Waals surface area contributed by atoms with Gasteiger partial charge in [0.25, 0.3) is 0 Å². The van der Waals surface area contributed by atoms with E-state index in [0.717, 1.165) is 20.9 Å². The predicted octanol–water partition coefficient (Wildman–Crippen LogP) is -0.228. The summed E-state index contributed by atoms with van der Waals surface area (Å²) in [5.41, 5.74) is 0.929. The summed E-state index contributed by atoms with van der Waals surface area (Å²) in [6.45, 7) is 0. The van der Waals surface area contributed by atoms with E-state index in [0.29, 0.717) is 0 Å². The third-order valence-corrected chi connectivity index (χ3v) is 3.65. The number of aromatic nitrogens is 3. The molecular formula is C10H7N4RbS2. The molecule has 4 nitrogen and oxygen atoms in total. The van der Waals surface area contributed by atoms with Gasteiger partial charge in [0.2, 0.25) is 0 Å². The molecule has 0 aliphatic carbocycles. The molecule has 0 fully saturated rings. The van der Waals surface area contributed by atoms with Gasteiger partial charge in [-0.1, -0.05) is 0 Å². The van der Waals surface area contributed by atoms with E-state index in [1.165, 1.54) is 11.9 Å². The molecule has 0 amide bonds. The molecule has 3 rings (SSSR count). The van der Waals surface area contributed by atoms with Gasteiger partial charge in [0.05, 0.1) is 0 Å². The molecule has 7 heteroatoms. The third-order valence-electron chi connectivity index (χ3n) is 2.05. The monoisotopic (exact) mass is 332 g/mol. The minimum Gasteiger partial charge on any atom is -0.581 e.